The van der Waals surface area contributed by atoms with Crippen molar-refractivity contribution in [3.05, 3.63) is 124 Å². The van der Waals surface area contributed by atoms with Gasteiger partial charge < -0.3 is 48.2 Å². The van der Waals surface area contributed by atoms with E-state index < -0.39 is 0 Å². The van der Waals surface area contributed by atoms with E-state index in [-0.39, 0.29) is 43.0 Å². The van der Waals surface area contributed by atoms with Gasteiger partial charge >= 0.3 is 0 Å². The Kier molecular flexibility index (Phi) is 17.1. The fourth-order valence-electron chi connectivity index (χ4n) is 9.70. The van der Waals surface area contributed by atoms with Gasteiger partial charge in [0.1, 0.15) is 13.2 Å². The van der Waals surface area contributed by atoms with Gasteiger partial charge in [0.25, 0.3) is 11.8 Å². The van der Waals surface area contributed by atoms with Crippen molar-refractivity contribution in [2.75, 3.05) is 95.3 Å². The molecule has 0 radical (unpaired) electrons. The molecule has 0 unspecified atom stereocenters. The summed E-state index contributed by atoms with van der Waals surface area (Å²) < 4.78 is 41.6. The monoisotopic (exact) mass is 1010 g/mol. The van der Waals surface area contributed by atoms with Gasteiger partial charge in [-0.2, -0.15) is 0 Å². The van der Waals surface area contributed by atoms with E-state index in [1.54, 1.807) is 55.4 Å². The number of amides is 3. The van der Waals surface area contributed by atoms with Gasteiger partial charge in [0.05, 0.1) is 88.4 Å². The number of nitrogens with two attached hydrogens (primary N) is 1. The maximum absolute atomic E-state index is 14.2. The highest BCUT2D eigenvalue weighted by atomic mass is 16.6. The van der Waals surface area contributed by atoms with Gasteiger partial charge in [0.15, 0.2) is 23.0 Å². The second-order valence-corrected chi connectivity index (χ2v) is 18.2. The number of hydrogen-bond acceptors (Lipinski definition) is 15. The first-order valence-electron chi connectivity index (χ1n) is 25.0. The number of anilines is 3. The van der Waals surface area contributed by atoms with E-state index in [2.05, 4.69) is 15.1 Å². The number of rotatable bonds is 26. The van der Waals surface area contributed by atoms with E-state index in [9.17, 15) is 14.4 Å². The van der Waals surface area contributed by atoms with E-state index in [1.807, 2.05) is 79.2 Å². The van der Waals surface area contributed by atoms with Crippen LogP contribution in [0, 0.1) is 0 Å². The lowest BCUT2D eigenvalue weighted by Crippen LogP contribution is -2.37. The van der Waals surface area contributed by atoms with Crippen molar-refractivity contribution in [1.29, 1.82) is 0 Å². The molecule has 5 aromatic carbocycles. The quantitative estimate of drug-likeness (QED) is 0.0421. The molecule has 2 atom stereocenters. The van der Waals surface area contributed by atoms with E-state index in [0.717, 1.165) is 39.3 Å². The summed E-state index contributed by atoms with van der Waals surface area (Å²) in [7, 11) is 4.72. The lowest BCUT2D eigenvalue weighted by atomic mass is 10.1. The number of fused-ring (bicyclic) bond motifs is 8. The number of nitrogens with one attached hydrogen (secondary N) is 1. The summed E-state index contributed by atoms with van der Waals surface area (Å²) in [5, 5.41) is 2.94. The molecule has 0 aliphatic carbocycles. The van der Waals surface area contributed by atoms with Crippen molar-refractivity contribution in [1.82, 2.24) is 5.32 Å². The summed E-state index contributed by atoms with van der Waals surface area (Å²) in [6, 6.07) is 28.4. The van der Waals surface area contributed by atoms with Gasteiger partial charge in [0, 0.05) is 87.6 Å². The fourth-order valence-corrected chi connectivity index (χ4v) is 9.70. The molecule has 0 saturated heterocycles. The SMILES string of the molecule is COCCOCCOCCN(CCCC(=O)NCCCON)c1cc(COc2cc3c(cc2OC)C(=O)N2c4ccccc4C[C@H]2C=N3)cc(COc2cc3c(cc2OC)C(=O)N2c4ccccc4C[C@H]2C=N3)c1. The van der Waals surface area contributed by atoms with E-state index in [0.29, 0.717) is 137 Å². The predicted octanol–water partition coefficient (Wildman–Crippen LogP) is 7.10. The molecule has 0 bridgehead atoms. The van der Waals surface area contributed by atoms with E-state index in [1.165, 1.54) is 0 Å². The molecule has 388 valence electrons. The molecule has 3 N–H and O–H groups in total. The molecule has 4 heterocycles. The Morgan fingerprint density at radius 1 is 0.649 bits per heavy atom. The Balaban J connectivity index is 0.987. The van der Waals surface area contributed by atoms with Crippen LogP contribution in [-0.2, 0) is 49.9 Å². The van der Waals surface area contributed by atoms with Crippen molar-refractivity contribution >= 4 is 58.6 Å². The van der Waals surface area contributed by atoms with Crippen LogP contribution in [0.4, 0.5) is 28.4 Å². The number of para-hydroxylation sites is 2. The average Bonchev–Trinajstić information content (AvgIpc) is 3.91. The standard InChI is InChI=1S/C56H63N7O11/c1-67-20-21-71-23-22-70-19-17-61(16-8-14-54(64)58-15-9-18-74-57)41-25-37(35-72-52-31-46-44(29-50(52)68-2)55(65)62-42(33-59-46)27-39-10-4-6-12-48(39)62)24-38(26-41)36-73-53-32-47-45(30-51(53)69-3)56(66)63-43(34-60-47)28-40-11-5-7-13-49(40)63/h4-7,10-13,24-26,29-34,42-43H,8-9,14-23,27-28,35-36,57H2,1-3H3,(H,58,64)/t42-,43-/m0/s1. The summed E-state index contributed by atoms with van der Waals surface area (Å²) in [5.74, 6) is 6.38. The molecule has 18 heteroatoms. The number of benzene rings is 5. The molecule has 74 heavy (non-hydrogen) atoms. The Hall–Kier alpha value is -7.35. The topological polar surface area (TPSA) is 198 Å². The first kappa shape index (κ1) is 51.5. The summed E-state index contributed by atoms with van der Waals surface area (Å²) in [6.07, 6.45) is 6.46. The van der Waals surface area contributed by atoms with Crippen molar-refractivity contribution in [2.45, 2.75) is 57.4 Å². The van der Waals surface area contributed by atoms with Crippen LogP contribution >= 0.6 is 0 Å². The Labute approximate surface area is 430 Å². The highest BCUT2D eigenvalue weighted by Crippen LogP contribution is 2.43. The van der Waals surface area contributed by atoms with Crippen LogP contribution in [-0.4, -0.2) is 123 Å². The maximum atomic E-state index is 14.2. The zero-order chi connectivity index (χ0) is 51.4. The minimum absolute atomic E-state index is 0.0699. The second kappa shape index (κ2) is 24.6. The van der Waals surface area contributed by atoms with Crippen LogP contribution in [0.1, 0.15) is 62.2 Å². The van der Waals surface area contributed by atoms with Gasteiger partial charge in [-0.25, -0.2) is 5.90 Å². The molecule has 4 aliphatic heterocycles. The van der Waals surface area contributed by atoms with Crippen LogP contribution in [0.5, 0.6) is 23.0 Å². The molecule has 0 aromatic heterocycles. The molecule has 0 saturated carbocycles. The van der Waals surface area contributed by atoms with E-state index in [4.69, 9.17) is 49.0 Å². The van der Waals surface area contributed by atoms with Gasteiger partial charge in [-0.15, -0.1) is 0 Å². The van der Waals surface area contributed by atoms with Crippen LogP contribution in [0.2, 0.25) is 0 Å². The maximum Gasteiger partial charge on any atom is 0.261 e. The zero-order valence-electron chi connectivity index (χ0n) is 42.1. The highest BCUT2D eigenvalue weighted by molar-refractivity contribution is 6.16. The van der Waals surface area contributed by atoms with Gasteiger partial charge in [-0.05, 0) is 77.6 Å². The smallest absolute Gasteiger partial charge is 0.261 e. The van der Waals surface area contributed by atoms with Gasteiger partial charge in [0.2, 0.25) is 5.91 Å². The second-order valence-electron chi connectivity index (χ2n) is 18.2. The number of aliphatic imine (C=N–C) groups is 2. The Morgan fingerprint density at radius 2 is 1.19 bits per heavy atom. The third-order valence-electron chi connectivity index (χ3n) is 13.4. The summed E-state index contributed by atoms with van der Waals surface area (Å²) in [6.45, 7) is 4.21. The highest BCUT2D eigenvalue weighted by Gasteiger charge is 2.38. The molecule has 5 aromatic rings. The van der Waals surface area contributed by atoms with Crippen molar-refractivity contribution in [2.24, 2.45) is 15.9 Å². The normalized spacial score (nSPS) is 15.8. The van der Waals surface area contributed by atoms with Crippen molar-refractivity contribution in [3.63, 3.8) is 0 Å². The average molecular weight is 1010 g/mol. The minimum Gasteiger partial charge on any atom is -0.493 e. The number of nitrogens with zero attached hydrogens (tertiary/aromatic N) is 5. The number of methoxy groups -OCH3 is 3. The largest absolute Gasteiger partial charge is 0.493 e. The Morgan fingerprint density at radius 3 is 1.73 bits per heavy atom. The first-order valence-corrected chi connectivity index (χ1v) is 25.0. The molecule has 9 rings (SSSR count). The third kappa shape index (κ3) is 11.9. The molecule has 0 fully saturated rings. The number of hydrogen-bond donors (Lipinski definition) is 2. The Bertz CT molecular complexity index is 2710. The summed E-state index contributed by atoms with van der Waals surface area (Å²) in [4.78, 5) is 61.2. The molecule has 0 spiro atoms. The van der Waals surface area contributed by atoms with Crippen molar-refractivity contribution < 1.29 is 52.4 Å². The zero-order valence-corrected chi connectivity index (χ0v) is 42.1. The fraction of sp³-hybridized carbons (Fsp3) is 0.375. The van der Waals surface area contributed by atoms with Gasteiger partial charge in [-0.3, -0.25) is 34.2 Å². The third-order valence-corrected chi connectivity index (χ3v) is 13.4. The molecular weight excluding hydrogens is 947 g/mol. The number of carbonyl (C=O) groups excluding carboxylic acids is 3. The number of carbonyl (C=O) groups is 3. The summed E-state index contributed by atoms with van der Waals surface area (Å²) >= 11 is 0. The lowest BCUT2D eigenvalue weighted by Gasteiger charge is -2.26. The number of ether oxygens (including phenoxy) is 7. The predicted molar refractivity (Wildman–Crippen MR) is 282 cm³/mol. The van der Waals surface area contributed by atoms with Crippen LogP contribution < -0.4 is 44.9 Å². The first-order chi connectivity index (χ1) is 36.3. The van der Waals surface area contributed by atoms with Crippen LogP contribution in [0.25, 0.3) is 0 Å². The van der Waals surface area contributed by atoms with Crippen molar-refractivity contribution in [3.8, 4) is 23.0 Å². The summed E-state index contributed by atoms with van der Waals surface area (Å²) in [5.41, 5.74) is 8.20. The molecular formula is C56H63N7O11. The molecule has 18 nitrogen and oxygen atoms in total. The van der Waals surface area contributed by atoms with E-state index >= 15 is 0 Å². The molecule has 4 aliphatic rings. The van der Waals surface area contributed by atoms with Crippen LogP contribution in [0.15, 0.2) is 101 Å². The van der Waals surface area contributed by atoms with Crippen LogP contribution in [0.3, 0.4) is 0 Å². The molecule has 3 amide bonds. The lowest BCUT2D eigenvalue weighted by molar-refractivity contribution is -0.121. The minimum atomic E-state index is -0.212. The van der Waals surface area contributed by atoms with Gasteiger partial charge in [-0.1, -0.05) is 36.4 Å².